The van der Waals surface area contributed by atoms with E-state index in [4.69, 9.17) is 4.74 Å². The van der Waals surface area contributed by atoms with Crippen molar-refractivity contribution in [3.05, 3.63) is 131 Å². The minimum absolute atomic E-state index is 0.152. The van der Waals surface area contributed by atoms with Crippen LogP contribution in [0.25, 0.3) is 10.9 Å². The van der Waals surface area contributed by atoms with Gasteiger partial charge in [-0.05, 0) is 90.8 Å². The van der Waals surface area contributed by atoms with Gasteiger partial charge < -0.3 is 9.30 Å². The fourth-order valence-electron chi connectivity index (χ4n) is 7.17. The van der Waals surface area contributed by atoms with Crippen molar-refractivity contribution in [2.45, 2.75) is 64.0 Å². The van der Waals surface area contributed by atoms with E-state index in [0.717, 1.165) is 28.8 Å². The van der Waals surface area contributed by atoms with Crippen LogP contribution in [0.2, 0.25) is 0 Å². The Kier molecular flexibility index (Phi) is 7.18. The molecule has 0 radical (unpaired) electrons. The highest BCUT2D eigenvalue weighted by Gasteiger charge is 2.54. The first kappa shape index (κ1) is 27.3. The standard InChI is InChI=1S/C38H36N2O3/c1-26-23-40(24-28-8-4-2-5-9-28)35-20-30(12-14-32(26)35)38(22-27-16-18-39-19-17-27)36(41)33-15-13-31(21-34(33)37(38)42)43-25-29-10-6-3-7-11-29/h3,6-7,10-21,23,28H,2,4-5,8-9,22,24-25H2,1H3. The number of aromatic nitrogens is 2. The fourth-order valence-corrected chi connectivity index (χ4v) is 7.17. The number of ether oxygens (including phenoxy) is 1. The van der Waals surface area contributed by atoms with Crippen LogP contribution in [0.4, 0.5) is 0 Å². The summed E-state index contributed by atoms with van der Waals surface area (Å²) in [5, 5.41) is 1.17. The lowest BCUT2D eigenvalue weighted by Gasteiger charge is -2.27. The van der Waals surface area contributed by atoms with Crippen LogP contribution in [0.15, 0.2) is 97.5 Å². The predicted molar refractivity (Wildman–Crippen MR) is 169 cm³/mol. The number of ketones is 2. The average Bonchev–Trinajstić information content (AvgIpc) is 3.47. The molecule has 2 aromatic heterocycles. The zero-order valence-corrected chi connectivity index (χ0v) is 24.6. The van der Waals surface area contributed by atoms with Gasteiger partial charge in [0.25, 0.3) is 0 Å². The molecule has 0 bridgehead atoms. The molecule has 0 aliphatic heterocycles. The number of Topliss-reactive ketones (excluding diaryl/α,β-unsaturated/α-hetero) is 2. The topological polar surface area (TPSA) is 61.2 Å². The molecule has 0 saturated heterocycles. The van der Waals surface area contributed by atoms with Gasteiger partial charge >= 0.3 is 0 Å². The van der Waals surface area contributed by atoms with Crippen molar-refractivity contribution in [1.82, 2.24) is 9.55 Å². The molecule has 1 atom stereocenters. The number of carbonyl (C=O) groups excluding carboxylic acids is 2. The summed E-state index contributed by atoms with van der Waals surface area (Å²) in [7, 11) is 0. The van der Waals surface area contributed by atoms with Crippen LogP contribution in [0, 0.1) is 12.8 Å². The Morgan fingerprint density at radius 2 is 1.60 bits per heavy atom. The van der Waals surface area contributed by atoms with E-state index < -0.39 is 5.41 Å². The van der Waals surface area contributed by atoms with Gasteiger partial charge in [-0.1, -0.05) is 61.7 Å². The van der Waals surface area contributed by atoms with E-state index in [9.17, 15) is 9.59 Å². The minimum atomic E-state index is -1.36. The molecule has 1 unspecified atom stereocenters. The first-order valence-corrected chi connectivity index (χ1v) is 15.4. The second kappa shape index (κ2) is 11.3. The first-order valence-electron chi connectivity index (χ1n) is 15.4. The maximum atomic E-state index is 14.6. The van der Waals surface area contributed by atoms with E-state index in [1.807, 2.05) is 48.5 Å². The third-order valence-corrected chi connectivity index (χ3v) is 9.48. The molecule has 3 aromatic carbocycles. The monoisotopic (exact) mass is 568 g/mol. The van der Waals surface area contributed by atoms with E-state index in [-0.39, 0.29) is 18.0 Å². The molecule has 0 spiro atoms. The van der Waals surface area contributed by atoms with Gasteiger partial charge in [0.1, 0.15) is 17.8 Å². The number of rotatable bonds is 8. The lowest BCUT2D eigenvalue weighted by molar-refractivity contribution is 0.0793. The Morgan fingerprint density at radius 3 is 2.40 bits per heavy atom. The Labute approximate surface area is 252 Å². The summed E-state index contributed by atoms with van der Waals surface area (Å²) in [5.74, 6) is 0.915. The van der Waals surface area contributed by atoms with Crippen molar-refractivity contribution in [3.8, 4) is 5.75 Å². The molecule has 2 heterocycles. The number of benzene rings is 3. The summed E-state index contributed by atoms with van der Waals surface area (Å²) in [5.41, 5.74) is 4.53. The lowest BCUT2D eigenvalue weighted by atomic mass is 9.71. The maximum absolute atomic E-state index is 14.6. The molecule has 0 N–H and O–H groups in total. The van der Waals surface area contributed by atoms with Crippen molar-refractivity contribution in [1.29, 1.82) is 0 Å². The molecule has 5 heteroatoms. The van der Waals surface area contributed by atoms with Crippen LogP contribution >= 0.6 is 0 Å². The largest absolute Gasteiger partial charge is 0.489 e. The molecule has 5 aromatic rings. The van der Waals surface area contributed by atoms with E-state index in [2.05, 4.69) is 34.8 Å². The molecule has 5 nitrogen and oxygen atoms in total. The minimum Gasteiger partial charge on any atom is -0.489 e. The Balaban J connectivity index is 1.30. The summed E-state index contributed by atoms with van der Waals surface area (Å²) in [6.07, 6.45) is 12.4. The van der Waals surface area contributed by atoms with Crippen molar-refractivity contribution in [3.63, 3.8) is 0 Å². The van der Waals surface area contributed by atoms with E-state index in [1.54, 1.807) is 30.6 Å². The van der Waals surface area contributed by atoms with Crippen LogP contribution in [-0.4, -0.2) is 21.1 Å². The Bertz CT molecular complexity index is 1800. The smallest absolute Gasteiger partial charge is 0.182 e. The molecule has 1 fully saturated rings. The summed E-state index contributed by atoms with van der Waals surface area (Å²) < 4.78 is 8.42. The Hall–Kier alpha value is -4.51. The van der Waals surface area contributed by atoms with Crippen LogP contribution in [0.3, 0.4) is 0 Å². The number of carbonyl (C=O) groups is 2. The third-order valence-electron chi connectivity index (χ3n) is 9.48. The second-order valence-corrected chi connectivity index (χ2v) is 12.3. The maximum Gasteiger partial charge on any atom is 0.182 e. The average molecular weight is 569 g/mol. The molecule has 2 aliphatic carbocycles. The molecular formula is C38H36N2O3. The van der Waals surface area contributed by atoms with Crippen molar-refractivity contribution in [2.75, 3.05) is 0 Å². The lowest BCUT2D eigenvalue weighted by Crippen LogP contribution is -2.40. The Morgan fingerprint density at radius 1 is 0.837 bits per heavy atom. The van der Waals surface area contributed by atoms with Crippen LogP contribution in [-0.2, 0) is 25.0 Å². The highest BCUT2D eigenvalue weighted by atomic mass is 16.5. The summed E-state index contributed by atoms with van der Waals surface area (Å²) in [6, 6.07) is 25.2. The highest BCUT2D eigenvalue weighted by Crippen LogP contribution is 2.44. The predicted octanol–water partition coefficient (Wildman–Crippen LogP) is 8.06. The van der Waals surface area contributed by atoms with Gasteiger partial charge in [0.15, 0.2) is 11.6 Å². The van der Waals surface area contributed by atoms with Crippen LogP contribution < -0.4 is 4.74 Å². The molecular weight excluding hydrogens is 532 g/mol. The molecule has 7 rings (SSSR count). The highest BCUT2D eigenvalue weighted by molar-refractivity contribution is 6.33. The number of aryl methyl sites for hydroxylation is 1. The summed E-state index contributed by atoms with van der Waals surface area (Å²) in [6.45, 7) is 3.50. The number of hydrogen-bond donors (Lipinski definition) is 0. The molecule has 43 heavy (non-hydrogen) atoms. The van der Waals surface area contributed by atoms with E-state index >= 15 is 0 Å². The zero-order valence-electron chi connectivity index (χ0n) is 24.6. The number of hydrogen-bond acceptors (Lipinski definition) is 4. The first-order chi connectivity index (χ1) is 21.0. The second-order valence-electron chi connectivity index (χ2n) is 12.3. The number of nitrogens with zero attached hydrogens (tertiary/aromatic N) is 2. The molecule has 1 saturated carbocycles. The fraction of sp³-hybridized carbons (Fsp3) is 0.289. The quantitative estimate of drug-likeness (QED) is 0.178. The summed E-state index contributed by atoms with van der Waals surface area (Å²) in [4.78, 5) is 33.3. The molecule has 216 valence electrons. The van der Waals surface area contributed by atoms with E-state index in [0.29, 0.717) is 29.4 Å². The summed E-state index contributed by atoms with van der Waals surface area (Å²) >= 11 is 0. The van der Waals surface area contributed by atoms with Gasteiger partial charge in [0, 0.05) is 47.2 Å². The normalized spacial score (nSPS) is 18.7. The van der Waals surface area contributed by atoms with Gasteiger partial charge in [-0.3, -0.25) is 14.6 Å². The van der Waals surface area contributed by atoms with Gasteiger partial charge in [0.2, 0.25) is 0 Å². The SMILES string of the molecule is Cc1cn(CC2CCCCC2)c2cc(C3(Cc4ccncc4)C(=O)c4ccc(OCc5ccccc5)cc4C3=O)ccc12. The molecule has 2 aliphatic rings. The van der Waals surface area contributed by atoms with Gasteiger partial charge in [0.05, 0.1) is 0 Å². The molecule has 0 amide bonds. The van der Waals surface area contributed by atoms with Crippen LogP contribution in [0.5, 0.6) is 5.75 Å². The third kappa shape index (κ3) is 4.97. The van der Waals surface area contributed by atoms with Gasteiger partial charge in [-0.25, -0.2) is 0 Å². The van der Waals surface area contributed by atoms with Crippen molar-refractivity contribution in [2.24, 2.45) is 5.92 Å². The van der Waals surface area contributed by atoms with Gasteiger partial charge in [-0.15, -0.1) is 0 Å². The van der Waals surface area contributed by atoms with Crippen molar-refractivity contribution >= 4 is 22.5 Å². The van der Waals surface area contributed by atoms with Crippen molar-refractivity contribution < 1.29 is 14.3 Å². The van der Waals surface area contributed by atoms with Crippen LogP contribution in [0.1, 0.15) is 75.1 Å². The zero-order chi connectivity index (χ0) is 29.4. The van der Waals surface area contributed by atoms with E-state index in [1.165, 1.54) is 43.1 Å². The number of pyridine rings is 1. The number of fused-ring (bicyclic) bond motifs is 2. The van der Waals surface area contributed by atoms with Gasteiger partial charge in [-0.2, -0.15) is 0 Å².